The smallest absolute Gasteiger partial charge is 0.281 e. The zero-order valence-corrected chi connectivity index (χ0v) is 10.0. The lowest BCUT2D eigenvalue weighted by Crippen LogP contribution is -2.15. The highest BCUT2D eigenvalue weighted by molar-refractivity contribution is 5.98. The first-order valence-corrected chi connectivity index (χ1v) is 5.75. The van der Waals surface area contributed by atoms with E-state index in [-0.39, 0.29) is 22.3 Å². The summed E-state index contributed by atoms with van der Waals surface area (Å²) in [5.41, 5.74) is 4.78. The number of hydrogen-bond donors (Lipinski definition) is 3. The monoisotopic (exact) mass is 263 g/mol. The summed E-state index contributed by atoms with van der Waals surface area (Å²) >= 11 is 0. The van der Waals surface area contributed by atoms with E-state index in [9.17, 15) is 14.9 Å². The summed E-state index contributed by atoms with van der Waals surface area (Å²) in [6.07, 6.45) is 0.697. The summed E-state index contributed by atoms with van der Waals surface area (Å²) in [6.45, 7) is 1.02. The van der Waals surface area contributed by atoms with E-state index in [4.69, 9.17) is 5.73 Å². The highest BCUT2D eigenvalue weighted by Crippen LogP contribution is 2.28. The van der Waals surface area contributed by atoms with E-state index in [0.29, 0.717) is 19.5 Å². The van der Waals surface area contributed by atoms with Crippen LogP contribution in [0.5, 0.6) is 0 Å². The first kappa shape index (κ1) is 13.0. The lowest BCUT2D eigenvalue weighted by atomic mass is 10.1. The summed E-state index contributed by atoms with van der Waals surface area (Å²) in [5, 5.41) is 20.6. The number of nitrogens with zero attached hydrogens (tertiary/aromatic N) is 2. The molecule has 0 spiro atoms. The number of nitrogens with two attached hydrogens (primary N) is 1. The maximum atomic E-state index is 11.6. The third-order valence-corrected chi connectivity index (χ3v) is 2.66. The van der Waals surface area contributed by atoms with E-state index >= 15 is 0 Å². The minimum absolute atomic E-state index is 0.147. The zero-order chi connectivity index (χ0) is 13.8. The fourth-order valence-electron chi connectivity index (χ4n) is 1.79. The second kappa shape index (κ2) is 5.44. The second-order valence-electron chi connectivity index (χ2n) is 3.93. The Hall–Kier alpha value is -2.48. The predicted molar refractivity (Wildman–Crippen MR) is 71.2 cm³/mol. The Morgan fingerprint density at radius 1 is 1.47 bits per heavy atom. The number of benzene rings is 1. The number of nitrogens with one attached hydrogen (secondary N) is 2. The molecule has 0 bridgehead atoms. The van der Waals surface area contributed by atoms with Gasteiger partial charge >= 0.3 is 0 Å². The molecule has 1 heterocycles. The largest absolute Gasteiger partial charge is 0.368 e. The number of H-pyrrole nitrogens is 1. The molecule has 0 radical (unpaired) electrons. The number of nitro groups is 1. The highest BCUT2D eigenvalue weighted by Gasteiger charge is 2.17. The van der Waals surface area contributed by atoms with Gasteiger partial charge in [-0.05, 0) is 19.0 Å². The molecule has 0 unspecified atom stereocenters. The molecule has 0 atom stereocenters. The molecule has 0 aliphatic rings. The standard InChI is InChI=1S/C11H13N5O3/c12-5-2-6-13-10-9-7(11(17)15-14-10)3-1-4-8(9)16(18)19/h1,3-4H,2,5-6,12H2,(H,13,14)(H,15,17). The zero-order valence-electron chi connectivity index (χ0n) is 10.0. The van der Waals surface area contributed by atoms with Crippen molar-refractivity contribution in [2.24, 2.45) is 5.73 Å². The van der Waals surface area contributed by atoms with Crippen LogP contribution in [0.1, 0.15) is 6.42 Å². The number of hydrogen-bond acceptors (Lipinski definition) is 6. The molecular weight excluding hydrogens is 250 g/mol. The number of rotatable bonds is 5. The molecular formula is C11H13N5O3. The summed E-state index contributed by atoms with van der Waals surface area (Å²) in [7, 11) is 0. The van der Waals surface area contributed by atoms with Crippen molar-refractivity contribution in [3.8, 4) is 0 Å². The minimum atomic E-state index is -0.530. The average molecular weight is 263 g/mol. The van der Waals surface area contributed by atoms with Gasteiger partial charge in [0.15, 0.2) is 5.82 Å². The molecule has 8 nitrogen and oxygen atoms in total. The maximum Gasteiger partial charge on any atom is 0.281 e. The molecule has 2 rings (SSSR count). The van der Waals surface area contributed by atoms with Gasteiger partial charge in [-0.25, -0.2) is 5.10 Å². The van der Waals surface area contributed by atoms with Crippen LogP contribution in [0.4, 0.5) is 11.5 Å². The van der Waals surface area contributed by atoms with Crippen LogP contribution in [0.25, 0.3) is 10.8 Å². The Morgan fingerprint density at radius 2 is 2.26 bits per heavy atom. The Bertz CT molecular complexity index is 667. The third-order valence-electron chi connectivity index (χ3n) is 2.66. The van der Waals surface area contributed by atoms with Gasteiger partial charge < -0.3 is 11.1 Å². The normalized spacial score (nSPS) is 10.6. The predicted octanol–water partition coefficient (Wildman–Crippen LogP) is 0.592. The molecule has 0 saturated heterocycles. The van der Waals surface area contributed by atoms with Crippen LogP contribution in [-0.2, 0) is 0 Å². The van der Waals surface area contributed by atoms with Crippen LogP contribution in [0, 0.1) is 10.1 Å². The quantitative estimate of drug-likeness (QED) is 0.411. The van der Waals surface area contributed by atoms with Crippen LogP contribution < -0.4 is 16.6 Å². The highest BCUT2D eigenvalue weighted by atomic mass is 16.6. The lowest BCUT2D eigenvalue weighted by molar-refractivity contribution is -0.383. The van der Waals surface area contributed by atoms with E-state index in [2.05, 4.69) is 15.5 Å². The first-order chi connectivity index (χ1) is 9.15. The van der Waals surface area contributed by atoms with Crippen molar-refractivity contribution in [3.63, 3.8) is 0 Å². The SMILES string of the molecule is NCCCNc1n[nH]c(=O)c2cccc([N+](=O)[O-])c12. The number of non-ortho nitro benzene ring substituents is 1. The average Bonchev–Trinajstić information content (AvgIpc) is 2.41. The van der Waals surface area contributed by atoms with Gasteiger partial charge in [-0.15, -0.1) is 0 Å². The Kier molecular flexibility index (Phi) is 3.71. The van der Waals surface area contributed by atoms with Gasteiger partial charge in [0.1, 0.15) is 5.39 Å². The number of fused-ring (bicyclic) bond motifs is 1. The van der Waals surface area contributed by atoms with Crippen LogP contribution in [0.15, 0.2) is 23.0 Å². The fraction of sp³-hybridized carbons (Fsp3) is 0.273. The molecule has 0 aliphatic heterocycles. The van der Waals surface area contributed by atoms with Crippen molar-refractivity contribution in [1.29, 1.82) is 0 Å². The Morgan fingerprint density at radius 3 is 2.95 bits per heavy atom. The Labute approximate surface area is 107 Å². The maximum absolute atomic E-state index is 11.6. The minimum Gasteiger partial charge on any atom is -0.368 e. The summed E-state index contributed by atoms with van der Waals surface area (Å²) in [5.74, 6) is 0.287. The van der Waals surface area contributed by atoms with Gasteiger partial charge in [-0.2, -0.15) is 5.10 Å². The molecule has 0 amide bonds. The van der Waals surface area contributed by atoms with E-state index < -0.39 is 10.5 Å². The van der Waals surface area contributed by atoms with Gasteiger partial charge in [0.05, 0.1) is 10.3 Å². The molecule has 100 valence electrons. The summed E-state index contributed by atoms with van der Waals surface area (Å²) < 4.78 is 0. The van der Waals surface area contributed by atoms with E-state index in [1.807, 2.05) is 0 Å². The number of aromatic nitrogens is 2. The molecule has 19 heavy (non-hydrogen) atoms. The lowest BCUT2D eigenvalue weighted by Gasteiger charge is -2.07. The van der Waals surface area contributed by atoms with Crippen LogP contribution in [0.3, 0.4) is 0 Å². The summed E-state index contributed by atoms with van der Waals surface area (Å²) in [4.78, 5) is 22.1. The molecule has 1 aromatic carbocycles. The van der Waals surface area contributed by atoms with Gasteiger partial charge in [0, 0.05) is 12.6 Å². The van der Waals surface area contributed by atoms with Crippen LogP contribution >= 0.6 is 0 Å². The molecule has 4 N–H and O–H groups in total. The van der Waals surface area contributed by atoms with Crippen molar-refractivity contribution >= 4 is 22.3 Å². The molecule has 0 fully saturated rings. The van der Waals surface area contributed by atoms with Crippen molar-refractivity contribution in [2.75, 3.05) is 18.4 Å². The van der Waals surface area contributed by atoms with E-state index in [1.165, 1.54) is 18.2 Å². The number of aromatic amines is 1. The van der Waals surface area contributed by atoms with Crippen molar-refractivity contribution in [3.05, 3.63) is 38.7 Å². The number of anilines is 1. The number of nitro benzene ring substituents is 1. The fourth-order valence-corrected chi connectivity index (χ4v) is 1.79. The molecule has 2 aromatic rings. The Balaban J connectivity index is 2.60. The van der Waals surface area contributed by atoms with Gasteiger partial charge in [-0.3, -0.25) is 14.9 Å². The first-order valence-electron chi connectivity index (χ1n) is 5.75. The van der Waals surface area contributed by atoms with Crippen LogP contribution in [0.2, 0.25) is 0 Å². The van der Waals surface area contributed by atoms with Gasteiger partial charge in [-0.1, -0.05) is 6.07 Å². The molecule has 0 saturated carbocycles. The topological polar surface area (TPSA) is 127 Å². The molecule has 0 aliphatic carbocycles. The van der Waals surface area contributed by atoms with Crippen molar-refractivity contribution in [1.82, 2.24) is 10.2 Å². The molecule has 8 heteroatoms. The van der Waals surface area contributed by atoms with E-state index in [0.717, 1.165) is 0 Å². The van der Waals surface area contributed by atoms with Gasteiger partial charge in [0.2, 0.25) is 0 Å². The summed E-state index contributed by atoms with van der Waals surface area (Å²) in [6, 6.07) is 4.34. The van der Waals surface area contributed by atoms with Crippen molar-refractivity contribution < 1.29 is 4.92 Å². The van der Waals surface area contributed by atoms with Crippen LogP contribution in [-0.4, -0.2) is 28.2 Å². The third kappa shape index (κ3) is 2.52. The molecule has 1 aromatic heterocycles. The van der Waals surface area contributed by atoms with Crippen molar-refractivity contribution in [2.45, 2.75) is 6.42 Å². The second-order valence-corrected chi connectivity index (χ2v) is 3.93. The van der Waals surface area contributed by atoms with E-state index in [1.54, 1.807) is 0 Å². The van der Waals surface area contributed by atoms with Gasteiger partial charge in [0.25, 0.3) is 11.2 Å².